The number of amides is 2. The average Bonchev–Trinajstić information content (AvgIpc) is 3.45. The number of hydrogen-bond acceptors (Lipinski definition) is 9. The van der Waals surface area contributed by atoms with Crippen molar-refractivity contribution in [1.82, 2.24) is 10.2 Å². The van der Waals surface area contributed by atoms with Crippen LogP contribution in [0.15, 0.2) is 23.8 Å². The molecule has 11 nitrogen and oxygen atoms in total. The van der Waals surface area contributed by atoms with E-state index in [4.69, 9.17) is 14.2 Å². The van der Waals surface area contributed by atoms with Gasteiger partial charge in [-0.15, -0.1) is 0 Å². The maximum absolute atomic E-state index is 13.5. The third kappa shape index (κ3) is 8.62. The Balaban J connectivity index is 1.96. The van der Waals surface area contributed by atoms with Gasteiger partial charge in [-0.25, -0.2) is 0 Å². The van der Waals surface area contributed by atoms with Crippen LogP contribution < -0.4 is 14.8 Å². The lowest BCUT2D eigenvalue weighted by molar-refractivity contribution is -0.141. The third-order valence-electron chi connectivity index (χ3n) is 7.00. The second-order valence-electron chi connectivity index (χ2n) is 10.0. The van der Waals surface area contributed by atoms with Crippen LogP contribution >= 0.6 is 22.6 Å². The standard InChI is InChI=1S/C28H39IN2O9/c1-17(34)5-3-7-25(35)31(15-20-6-4-10-39-20)22-13-19(28(37)30-8-9-32)14-23(26(22)36)40-27-21(29)11-18(16-33)12-24(27)38-2/h11-12,14,20,22-23,26,32-33,36H,3-10,13,15-16H2,1-2H3,(H,30,37)/t20-,22-,23+,26+/m1/s1. The molecule has 0 aromatic heterocycles. The van der Waals surface area contributed by atoms with Crippen molar-refractivity contribution in [1.29, 1.82) is 0 Å². The third-order valence-corrected chi connectivity index (χ3v) is 7.81. The fourth-order valence-corrected chi connectivity index (χ4v) is 5.75. The first kappa shape index (κ1) is 32.3. The molecule has 2 aliphatic rings. The first-order valence-corrected chi connectivity index (χ1v) is 14.6. The summed E-state index contributed by atoms with van der Waals surface area (Å²) in [6.07, 6.45) is 1.59. The van der Waals surface area contributed by atoms with Gasteiger partial charge in [0, 0.05) is 44.5 Å². The maximum Gasteiger partial charge on any atom is 0.247 e. The number of Topliss-reactive ketones (excluding diaryl/α,β-unsaturated/α-hetero) is 1. The lowest BCUT2D eigenvalue weighted by Gasteiger charge is -2.41. The van der Waals surface area contributed by atoms with Gasteiger partial charge in [-0.05, 0) is 72.5 Å². The van der Waals surface area contributed by atoms with Crippen LogP contribution in [0.5, 0.6) is 11.5 Å². The number of rotatable bonds is 14. The monoisotopic (exact) mass is 674 g/mol. The molecule has 4 N–H and O–H groups in total. The van der Waals surface area contributed by atoms with E-state index in [1.807, 2.05) is 22.6 Å². The number of aliphatic hydroxyl groups is 3. The SMILES string of the molecule is COc1cc(CO)cc(I)c1O[C@H]1C=C(C(=O)NCCO)C[C@@H](N(C[C@H]2CCCO2)C(=O)CCCC(C)=O)[C@@H]1O. The molecule has 4 atom stereocenters. The fraction of sp³-hybridized carbons (Fsp3) is 0.607. The molecule has 1 aliphatic heterocycles. The predicted octanol–water partition coefficient (Wildman–Crippen LogP) is 1.47. The topological polar surface area (TPSA) is 155 Å². The van der Waals surface area contributed by atoms with Crippen molar-refractivity contribution in [3.05, 3.63) is 32.9 Å². The molecule has 2 amide bonds. The quantitative estimate of drug-likeness (QED) is 0.215. The first-order chi connectivity index (χ1) is 19.2. The van der Waals surface area contributed by atoms with Crippen LogP contribution in [0.3, 0.4) is 0 Å². The zero-order chi connectivity index (χ0) is 29.2. The molecule has 0 radical (unpaired) electrons. The number of carbonyl (C=O) groups is 3. The van der Waals surface area contributed by atoms with Crippen LogP contribution in [0.1, 0.15) is 51.0 Å². The highest BCUT2D eigenvalue weighted by Gasteiger charge is 2.41. The van der Waals surface area contributed by atoms with E-state index < -0.39 is 24.2 Å². The summed E-state index contributed by atoms with van der Waals surface area (Å²) in [5.41, 5.74) is 0.928. The summed E-state index contributed by atoms with van der Waals surface area (Å²) < 4.78 is 18.2. The molecule has 12 heteroatoms. The van der Waals surface area contributed by atoms with E-state index in [-0.39, 0.29) is 63.4 Å². The van der Waals surface area contributed by atoms with E-state index in [1.165, 1.54) is 20.1 Å². The van der Waals surface area contributed by atoms with Crippen molar-refractivity contribution in [3.63, 3.8) is 0 Å². The summed E-state index contributed by atoms with van der Waals surface area (Å²) in [4.78, 5) is 39.6. The molecule has 1 aliphatic carbocycles. The summed E-state index contributed by atoms with van der Waals surface area (Å²) >= 11 is 2.05. The van der Waals surface area contributed by atoms with Crippen LogP contribution in [0, 0.1) is 3.57 Å². The molecule has 1 aromatic carbocycles. The van der Waals surface area contributed by atoms with E-state index >= 15 is 0 Å². The van der Waals surface area contributed by atoms with Gasteiger partial charge in [-0.2, -0.15) is 0 Å². The van der Waals surface area contributed by atoms with Gasteiger partial charge in [0.05, 0.1) is 36.0 Å². The summed E-state index contributed by atoms with van der Waals surface area (Å²) in [7, 11) is 1.46. The summed E-state index contributed by atoms with van der Waals surface area (Å²) in [6, 6.07) is 2.55. The minimum Gasteiger partial charge on any atom is -0.493 e. The summed E-state index contributed by atoms with van der Waals surface area (Å²) in [6.45, 7) is 1.92. The molecule has 3 rings (SSSR count). The lowest BCUT2D eigenvalue weighted by atomic mass is 9.87. The Labute approximate surface area is 248 Å². The number of nitrogens with one attached hydrogen (secondary N) is 1. The van der Waals surface area contributed by atoms with Crippen molar-refractivity contribution >= 4 is 40.2 Å². The number of ether oxygens (including phenoxy) is 3. The number of halogens is 1. The molecule has 0 bridgehead atoms. The second-order valence-corrected chi connectivity index (χ2v) is 11.2. The number of aliphatic hydroxyl groups excluding tert-OH is 3. The van der Waals surface area contributed by atoms with Gasteiger partial charge >= 0.3 is 0 Å². The molecular formula is C28H39IN2O9. The molecule has 1 aromatic rings. The first-order valence-electron chi connectivity index (χ1n) is 13.5. The summed E-state index contributed by atoms with van der Waals surface area (Å²) in [5.74, 6) is -0.00329. The van der Waals surface area contributed by atoms with Gasteiger partial charge in [-0.1, -0.05) is 0 Å². The van der Waals surface area contributed by atoms with Crippen LogP contribution in [0.2, 0.25) is 0 Å². The van der Waals surface area contributed by atoms with Crippen molar-refractivity contribution in [2.24, 2.45) is 0 Å². The van der Waals surface area contributed by atoms with E-state index in [1.54, 1.807) is 17.0 Å². The van der Waals surface area contributed by atoms with E-state index in [0.717, 1.165) is 12.8 Å². The molecule has 0 saturated carbocycles. The number of ketones is 1. The van der Waals surface area contributed by atoms with Crippen molar-refractivity contribution in [2.75, 3.05) is 33.4 Å². The van der Waals surface area contributed by atoms with E-state index in [2.05, 4.69) is 5.32 Å². The minimum absolute atomic E-state index is 0.00816. The van der Waals surface area contributed by atoms with E-state index in [0.29, 0.717) is 39.2 Å². The Morgan fingerprint density at radius 2 is 2.00 bits per heavy atom. The molecule has 222 valence electrons. The van der Waals surface area contributed by atoms with Gasteiger partial charge < -0.3 is 44.5 Å². The Kier molecular flexibility index (Phi) is 12.6. The van der Waals surface area contributed by atoms with Crippen molar-refractivity contribution < 1.29 is 43.9 Å². The normalized spacial score (nSPS) is 22.4. The highest BCUT2D eigenvalue weighted by Crippen LogP contribution is 2.37. The molecule has 40 heavy (non-hydrogen) atoms. The number of methoxy groups -OCH3 is 1. The molecule has 0 spiro atoms. The Bertz CT molecular complexity index is 1070. The zero-order valence-corrected chi connectivity index (χ0v) is 25.1. The van der Waals surface area contributed by atoms with Crippen LogP contribution in [-0.4, -0.2) is 95.6 Å². The molecule has 1 fully saturated rings. The number of carbonyl (C=O) groups excluding carboxylic acids is 3. The van der Waals surface area contributed by atoms with Gasteiger partial charge in [0.15, 0.2) is 11.5 Å². The molecule has 0 unspecified atom stereocenters. The number of benzene rings is 1. The maximum atomic E-state index is 13.5. The minimum atomic E-state index is -1.20. The van der Waals surface area contributed by atoms with Gasteiger partial charge in [0.25, 0.3) is 0 Å². The summed E-state index contributed by atoms with van der Waals surface area (Å²) in [5, 5.41) is 33.0. The Morgan fingerprint density at radius 1 is 1.23 bits per heavy atom. The largest absolute Gasteiger partial charge is 0.493 e. The van der Waals surface area contributed by atoms with Crippen LogP contribution in [-0.2, 0) is 25.7 Å². The molecule has 1 heterocycles. The Hall–Kier alpha value is -2.26. The highest BCUT2D eigenvalue weighted by atomic mass is 127. The van der Waals surface area contributed by atoms with Crippen molar-refractivity contribution in [2.45, 2.75) is 76.4 Å². The lowest BCUT2D eigenvalue weighted by Crippen LogP contribution is -2.56. The van der Waals surface area contributed by atoms with Crippen LogP contribution in [0.25, 0.3) is 0 Å². The zero-order valence-electron chi connectivity index (χ0n) is 22.9. The highest BCUT2D eigenvalue weighted by molar-refractivity contribution is 14.1. The van der Waals surface area contributed by atoms with E-state index in [9.17, 15) is 29.7 Å². The number of nitrogens with zero attached hydrogens (tertiary/aromatic N) is 1. The fourth-order valence-electron chi connectivity index (χ4n) is 4.96. The van der Waals surface area contributed by atoms with Crippen molar-refractivity contribution in [3.8, 4) is 11.5 Å². The Morgan fingerprint density at radius 3 is 2.62 bits per heavy atom. The van der Waals surface area contributed by atoms with Gasteiger partial charge in [-0.3, -0.25) is 9.59 Å². The predicted molar refractivity (Wildman–Crippen MR) is 154 cm³/mol. The van der Waals surface area contributed by atoms with Gasteiger partial charge in [0.2, 0.25) is 11.8 Å². The average molecular weight is 675 g/mol. The second kappa shape index (κ2) is 15.7. The molecular weight excluding hydrogens is 635 g/mol. The smallest absolute Gasteiger partial charge is 0.247 e. The van der Waals surface area contributed by atoms with Crippen LogP contribution in [0.4, 0.5) is 0 Å². The molecule has 1 saturated heterocycles. The number of hydrogen-bond donors (Lipinski definition) is 4. The van der Waals surface area contributed by atoms with Gasteiger partial charge in [0.1, 0.15) is 18.0 Å².